The number of benzene rings is 1. The largest absolute Gasteiger partial charge is 0.469 e. The molecule has 0 amide bonds. The van der Waals surface area contributed by atoms with Gasteiger partial charge in [-0.05, 0) is 12.0 Å². The molecule has 0 saturated heterocycles. The lowest BCUT2D eigenvalue weighted by molar-refractivity contribution is -0.140. The summed E-state index contributed by atoms with van der Waals surface area (Å²) in [6, 6.07) is 10.3. The van der Waals surface area contributed by atoms with Crippen LogP contribution in [0.3, 0.4) is 0 Å². The van der Waals surface area contributed by atoms with Gasteiger partial charge in [-0.2, -0.15) is 0 Å². The Morgan fingerprint density at radius 2 is 2.10 bits per heavy atom. The maximum Gasteiger partial charge on any atom is 0.305 e. The van der Waals surface area contributed by atoms with Crippen LogP contribution >= 0.6 is 0 Å². The van der Waals surface area contributed by atoms with Crippen LogP contribution in [-0.2, 0) is 16.1 Å². The van der Waals surface area contributed by atoms with Gasteiger partial charge in [0.1, 0.15) is 5.82 Å². The van der Waals surface area contributed by atoms with Gasteiger partial charge in [-0.3, -0.25) is 4.79 Å². The highest BCUT2D eigenvalue weighted by atomic mass is 16.5. The van der Waals surface area contributed by atoms with Crippen molar-refractivity contribution in [2.45, 2.75) is 32.2 Å². The molecule has 2 rings (SSSR count). The number of carbonyl (C=O) groups is 1. The third kappa shape index (κ3) is 3.47. The first kappa shape index (κ1) is 14.3. The molecule has 4 heteroatoms. The van der Waals surface area contributed by atoms with Crippen molar-refractivity contribution in [2.75, 3.05) is 7.11 Å². The number of methoxy groups -OCH3 is 1. The van der Waals surface area contributed by atoms with Gasteiger partial charge >= 0.3 is 5.97 Å². The molecule has 0 fully saturated rings. The second-order valence-corrected chi connectivity index (χ2v) is 4.79. The minimum absolute atomic E-state index is 0.164. The number of aryl methyl sites for hydroxylation is 1. The molecule has 0 aliphatic carbocycles. The zero-order valence-electron chi connectivity index (χ0n) is 12.0. The molecule has 4 nitrogen and oxygen atoms in total. The average Bonchev–Trinajstić information content (AvgIpc) is 2.95. The third-order valence-corrected chi connectivity index (χ3v) is 3.44. The maximum absolute atomic E-state index is 11.1. The number of imidazole rings is 1. The van der Waals surface area contributed by atoms with E-state index >= 15 is 0 Å². The van der Waals surface area contributed by atoms with Crippen molar-refractivity contribution in [3.63, 3.8) is 0 Å². The SMILES string of the molecule is COC(=O)CCCn1ccnc1[C@H](C)c1ccccc1. The predicted molar refractivity (Wildman–Crippen MR) is 77.4 cm³/mol. The number of carbonyl (C=O) groups excluding carboxylic acids is 1. The Hall–Kier alpha value is -2.10. The topological polar surface area (TPSA) is 44.1 Å². The first-order chi connectivity index (χ1) is 9.72. The van der Waals surface area contributed by atoms with Gasteiger partial charge in [0.05, 0.1) is 7.11 Å². The summed E-state index contributed by atoms with van der Waals surface area (Å²) in [4.78, 5) is 15.6. The molecule has 2 aromatic rings. The van der Waals surface area contributed by atoms with Crippen molar-refractivity contribution in [1.82, 2.24) is 9.55 Å². The third-order valence-electron chi connectivity index (χ3n) is 3.44. The number of nitrogens with zero attached hydrogens (tertiary/aromatic N) is 2. The van der Waals surface area contributed by atoms with Gasteiger partial charge in [0.2, 0.25) is 0 Å². The summed E-state index contributed by atoms with van der Waals surface area (Å²) in [5, 5.41) is 0. The molecule has 1 atom stereocenters. The van der Waals surface area contributed by atoms with E-state index in [4.69, 9.17) is 0 Å². The highest BCUT2D eigenvalue weighted by Crippen LogP contribution is 2.22. The minimum atomic E-state index is -0.164. The number of ether oxygens (including phenoxy) is 1. The van der Waals surface area contributed by atoms with Crippen LogP contribution in [0.1, 0.15) is 37.1 Å². The Morgan fingerprint density at radius 3 is 2.80 bits per heavy atom. The fraction of sp³-hybridized carbons (Fsp3) is 0.375. The van der Waals surface area contributed by atoms with E-state index in [-0.39, 0.29) is 11.9 Å². The molecule has 0 saturated carbocycles. The highest BCUT2D eigenvalue weighted by Gasteiger charge is 2.14. The molecule has 1 heterocycles. The van der Waals surface area contributed by atoms with Crippen molar-refractivity contribution in [1.29, 1.82) is 0 Å². The van der Waals surface area contributed by atoms with Crippen LogP contribution in [0.25, 0.3) is 0 Å². The van der Waals surface area contributed by atoms with Crippen molar-refractivity contribution in [2.24, 2.45) is 0 Å². The summed E-state index contributed by atoms with van der Waals surface area (Å²) in [5.41, 5.74) is 1.24. The molecular weight excluding hydrogens is 252 g/mol. The Bertz CT molecular complexity index is 549. The van der Waals surface area contributed by atoms with E-state index in [1.165, 1.54) is 12.7 Å². The van der Waals surface area contributed by atoms with Gasteiger partial charge in [0, 0.05) is 31.3 Å². The standard InChI is InChI=1S/C16H20N2O2/c1-13(14-7-4-3-5-8-14)16-17-10-12-18(16)11-6-9-15(19)20-2/h3-5,7-8,10,12-13H,6,9,11H2,1-2H3/t13-/m1/s1. The van der Waals surface area contributed by atoms with Gasteiger partial charge in [0.25, 0.3) is 0 Å². The zero-order valence-corrected chi connectivity index (χ0v) is 12.0. The number of esters is 1. The Labute approximate surface area is 119 Å². The molecule has 0 spiro atoms. The molecule has 1 aromatic carbocycles. The first-order valence-corrected chi connectivity index (χ1v) is 6.85. The van der Waals surface area contributed by atoms with E-state index in [0.717, 1.165) is 18.8 Å². The lowest BCUT2D eigenvalue weighted by atomic mass is 10.0. The first-order valence-electron chi connectivity index (χ1n) is 6.85. The summed E-state index contributed by atoms with van der Waals surface area (Å²) < 4.78 is 6.76. The van der Waals surface area contributed by atoms with E-state index in [1.807, 2.05) is 30.6 Å². The number of hydrogen-bond donors (Lipinski definition) is 0. The van der Waals surface area contributed by atoms with Crippen LogP contribution in [0.5, 0.6) is 0 Å². The fourth-order valence-electron chi connectivity index (χ4n) is 2.28. The number of hydrogen-bond acceptors (Lipinski definition) is 3. The van der Waals surface area contributed by atoms with Gasteiger partial charge in [0.15, 0.2) is 0 Å². The Kier molecular flexibility index (Phi) is 4.93. The van der Waals surface area contributed by atoms with Crippen LogP contribution in [0.15, 0.2) is 42.7 Å². The zero-order chi connectivity index (χ0) is 14.4. The van der Waals surface area contributed by atoms with Crippen LogP contribution < -0.4 is 0 Å². The summed E-state index contributed by atoms with van der Waals surface area (Å²) in [6.07, 6.45) is 4.98. The summed E-state index contributed by atoms with van der Waals surface area (Å²) in [7, 11) is 1.42. The van der Waals surface area contributed by atoms with E-state index in [9.17, 15) is 4.79 Å². The average molecular weight is 272 g/mol. The lowest BCUT2D eigenvalue weighted by Gasteiger charge is -2.14. The summed E-state index contributed by atoms with van der Waals surface area (Å²) in [5.74, 6) is 1.10. The minimum Gasteiger partial charge on any atom is -0.469 e. The molecule has 0 unspecified atom stereocenters. The van der Waals surface area contributed by atoms with Crippen LogP contribution in [-0.4, -0.2) is 22.6 Å². The van der Waals surface area contributed by atoms with E-state index in [0.29, 0.717) is 6.42 Å². The van der Waals surface area contributed by atoms with Gasteiger partial charge in [-0.25, -0.2) is 4.98 Å². The van der Waals surface area contributed by atoms with Crippen LogP contribution in [0.4, 0.5) is 0 Å². The second-order valence-electron chi connectivity index (χ2n) is 4.79. The summed E-state index contributed by atoms with van der Waals surface area (Å²) in [6.45, 7) is 2.93. The molecule has 0 aliphatic heterocycles. The highest BCUT2D eigenvalue weighted by molar-refractivity contribution is 5.68. The maximum atomic E-state index is 11.1. The van der Waals surface area contributed by atoms with Crippen LogP contribution in [0, 0.1) is 0 Å². The quantitative estimate of drug-likeness (QED) is 0.759. The molecule has 0 N–H and O–H groups in total. The van der Waals surface area contributed by atoms with Crippen molar-refractivity contribution < 1.29 is 9.53 Å². The molecule has 106 valence electrons. The van der Waals surface area contributed by atoms with Crippen molar-refractivity contribution >= 4 is 5.97 Å². The normalized spacial score (nSPS) is 12.1. The number of aromatic nitrogens is 2. The van der Waals surface area contributed by atoms with Crippen molar-refractivity contribution in [3.8, 4) is 0 Å². The fourth-order valence-corrected chi connectivity index (χ4v) is 2.28. The molecule has 1 aromatic heterocycles. The second kappa shape index (κ2) is 6.89. The molecule has 0 radical (unpaired) electrons. The monoisotopic (exact) mass is 272 g/mol. The lowest BCUT2D eigenvalue weighted by Crippen LogP contribution is -2.09. The van der Waals surface area contributed by atoms with Gasteiger partial charge < -0.3 is 9.30 Å². The van der Waals surface area contributed by atoms with E-state index < -0.39 is 0 Å². The molecule has 0 bridgehead atoms. The molecule has 20 heavy (non-hydrogen) atoms. The summed E-state index contributed by atoms with van der Waals surface area (Å²) >= 11 is 0. The Balaban J connectivity index is 2.03. The molecule has 0 aliphatic rings. The van der Waals surface area contributed by atoms with E-state index in [2.05, 4.69) is 33.3 Å². The van der Waals surface area contributed by atoms with Crippen molar-refractivity contribution in [3.05, 3.63) is 54.1 Å². The number of rotatable bonds is 6. The van der Waals surface area contributed by atoms with Crippen LogP contribution in [0.2, 0.25) is 0 Å². The Morgan fingerprint density at radius 1 is 1.35 bits per heavy atom. The molecular formula is C16H20N2O2. The smallest absolute Gasteiger partial charge is 0.305 e. The van der Waals surface area contributed by atoms with E-state index in [1.54, 1.807) is 0 Å². The predicted octanol–water partition coefficient (Wildman–Crippen LogP) is 2.99. The van der Waals surface area contributed by atoms with Gasteiger partial charge in [-0.15, -0.1) is 0 Å². The van der Waals surface area contributed by atoms with Gasteiger partial charge in [-0.1, -0.05) is 37.3 Å².